The molecule has 1 aliphatic carbocycles. The molecule has 0 unspecified atom stereocenters. The molecular weight excluding hydrogens is 112 g/mol. The molecule has 0 atom stereocenters. The Balaban J connectivity index is 2.07. The Morgan fingerprint density at radius 3 is 3.00 bits per heavy atom. The van der Waals surface area contributed by atoms with E-state index in [1.807, 2.05) is 12.4 Å². The van der Waals surface area contributed by atoms with Crippen LogP contribution >= 0.6 is 0 Å². The highest BCUT2D eigenvalue weighted by Crippen LogP contribution is 2.30. The third-order valence-corrected chi connectivity index (χ3v) is 1.76. The summed E-state index contributed by atoms with van der Waals surface area (Å²) in [6.07, 6.45) is 6.45. The van der Waals surface area contributed by atoms with Crippen molar-refractivity contribution in [1.82, 2.24) is 5.32 Å². The lowest BCUT2D eigenvalue weighted by molar-refractivity contribution is 0.944. The molecular formula is C7H10N2. The number of aliphatic imine (C=N–C) groups is 1. The molecule has 2 rings (SSSR count). The topological polar surface area (TPSA) is 24.4 Å². The summed E-state index contributed by atoms with van der Waals surface area (Å²) >= 11 is 0. The van der Waals surface area contributed by atoms with E-state index in [0.717, 1.165) is 12.5 Å². The van der Waals surface area contributed by atoms with Crippen LogP contribution in [0.25, 0.3) is 0 Å². The molecule has 48 valence electrons. The zero-order valence-electron chi connectivity index (χ0n) is 5.30. The van der Waals surface area contributed by atoms with Crippen molar-refractivity contribution < 1.29 is 0 Å². The van der Waals surface area contributed by atoms with E-state index >= 15 is 0 Å². The first-order valence-electron chi connectivity index (χ1n) is 3.42. The van der Waals surface area contributed by atoms with Gasteiger partial charge >= 0.3 is 0 Å². The molecule has 2 nitrogen and oxygen atoms in total. The summed E-state index contributed by atoms with van der Waals surface area (Å²) in [5, 5.41) is 3.14. The van der Waals surface area contributed by atoms with E-state index in [-0.39, 0.29) is 0 Å². The first-order chi connectivity index (χ1) is 4.47. The van der Waals surface area contributed by atoms with Crippen molar-refractivity contribution in [3.05, 3.63) is 12.4 Å². The van der Waals surface area contributed by atoms with Crippen LogP contribution in [0.15, 0.2) is 17.4 Å². The standard InChI is InChI=1S/C7H10N2/c1-2-6(1)7-5-8-3-4-9-7/h3-4,6,8H,1-2,5H2. The van der Waals surface area contributed by atoms with E-state index in [9.17, 15) is 0 Å². The predicted octanol–water partition coefficient (Wildman–Crippen LogP) is 0.912. The van der Waals surface area contributed by atoms with Gasteiger partial charge in [0.05, 0.1) is 6.54 Å². The fourth-order valence-corrected chi connectivity index (χ4v) is 1.06. The van der Waals surface area contributed by atoms with Crippen LogP contribution in [0.2, 0.25) is 0 Å². The molecule has 1 aliphatic heterocycles. The van der Waals surface area contributed by atoms with Gasteiger partial charge in [-0.05, 0) is 18.8 Å². The van der Waals surface area contributed by atoms with Gasteiger partial charge in [0.1, 0.15) is 0 Å². The second-order valence-electron chi connectivity index (χ2n) is 2.59. The van der Waals surface area contributed by atoms with Gasteiger partial charge in [0.15, 0.2) is 0 Å². The van der Waals surface area contributed by atoms with Crippen molar-refractivity contribution in [3.8, 4) is 0 Å². The van der Waals surface area contributed by atoms with Crippen LogP contribution in [0.5, 0.6) is 0 Å². The van der Waals surface area contributed by atoms with Crippen molar-refractivity contribution >= 4 is 5.71 Å². The van der Waals surface area contributed by atoms with E-state index < -0.39 is 0 Å². The summed E-state index contributed by atoms with van der Waals surface area (Å²) in [4.78, 5) is 4.27. The van der Waals surface area contributed by atoms with Crippen molar-refractivity contribution in [1.29, 1.82) is 0 Å². The number of nitrogens with one attached hydrogen (secondary N) is 1. The second kappa shape index (κ2) is 1.87. The maximum absolute atomic E-state index is 4.27. The maximum atomic E-state index is 4.27. The third kappa shape index (κ3) is 0.969. The third-order valence-electron chi connectivity index (χ3n) is 1.76. The van der Waals surface area contributed by atoms with Crippen LogP contribution in [0.3, 0.4) is 0 Å². The molecule has 0 spiro atoms. The highest BCUT2D eigenvalue weighted by Gasteiger charge is 2.26. The van der Waals surface area contributed by atoms with Crippen molar-refractivity contribution in [2.75, 3.05) is 6.54 Å². The molecule has 0 saturated heterocycles. The van der Waals surface area contributed by atoms with Gasteiger partial charge in [0.25, 0.3) is 0 Å². The van der Waals surface area contributed by atoms with E-state index in [1.54, 1.807) is 0 Å². The van der Waals surface area contributed by atoms with Gasteiger partial charge < -0.3 is 5.32 Å². The van der Waals surface area contributed by atoms with Crippen molar-refractivity contribution in [2.45, 2.75) is 12.8 Å². The summed E-state index contributed by atoms with van der Waals surface area (Å²) in [7, 11) is 0. The lowest BCUT2D eigenvalue weighted by Crippen LogP contribution is -2.21. The fraction of sp³-hybridized carbons (Fsp3) is 0.571. The van der Waals surface area contributed by atoms with Gasteiger partial charge in [0.2, 0.25) is 0 Å². The Morgan fingerprint density at radius 1 is 1.56 bits per heavy atom. The lowest BCUT2D eigenvalue weighted by atomic mass is 10.2. The highest BCUT2D eigenvalue weighted by atomic mass is 14.9. The molecule has 1 fully saturated rings. The van der Waals surface area contributed by atoms with Gasteiger partial charge in [-0.2, -0.15) is 0 Å². The van der Waals surface area contributed by atoms with Crippen molar-refractivity contribution in [2.24, 2.45) is 10.9 Å². The molecule has 2 heteroatoms. The average molecular weight is 122 g/mol. The minimum absolute atomic E-state index is 0.822. The summed E-state index contributed by atoms with van der Waals surface area (Å²) in [6, 6.07) is 0. The molecule has 1 saturated carbocycles. The SMILES string of the molecule is C1=CNCC(C2CC2)=N1. The molecule has 1 heterocycles. The zero-order valence-corrected chi connectivity index (χ0v) is 5.30. The monoisotopic (exact) mass is 122 g/mol. The van der Waals surface area contributed by atoms with Gasteiger partial charge in [-0.3, -0.25) is 4.99 Å². The Labute approximate surface area is 54.7 Å². The molecule has 0 aromatic carbocycles. The number of hydrogen-bond acceptors (Lipinski definition) is 2. The molecule has 2 aliphatic rings. The van der Waals surface area contributed by atoms with E-state index in [4.69, 9.17) is 0 Å². The minimum Gasteiger partial charge on any atom is -0.384 e. The Kier molecular flexibility index (Phi) is 1.04. The Hall–Kier alpha value is -0.790. The quantitative estimate of drug-likeness (QED) is 0.549. The van der Waals surface area contributed by atoms with Gasteiger partial charge in [-0.1, -0.05) is 0 Å². The largest absolute Gasteiger partial charge is 0.384 e. The lowest BCUT2D eigenvalue weighted by Gasteiger charge is -2.06. The molecule has 9 heavy (non-hydrogen) atoms. The van der Waals surface area contributed by atoms with Gasteiger partial charge in [-0.15, -0.1) is 0 Å². The van der Waals surface area contributed by atoms with Gasteiger partial charge in [-0.25, -0.2) is 0 Å². The highest BCUT2D eigenvalue weighted by molar-refractivity contribution is 5.91. The molecule has 0 aromatic heterocycles. The number of rotatable bonds is 1. The van der Waals surface area contributed by atoms with Gasteiger partial charge in [0, 0.05) is 18.1 Å². The van der Waals surface area contributed by atoms with Crippen LogP contribution in [0.1, 0.15) is 12.8 Å². The summed E-state index contributed by atoms with van der Waals surface area (Å²) in [5.41, 5.74) is 1.34. The van der Waals surface area contributed by atoms with Crippen LogP contribution in [-0.2, 0) is 0 Å². The first-order valence-corrected chi connectivity index (χ1v) is 3.42. The average Bonchev–Trinajstić information content (AvgIpc) is 2.71. The summed E-state index contributed by atoms with van der Waals surface area (Å²) in [6.45, 7) is 0.973. The van der Waals surface area contributed by atoms with Crippen LogP contribution in [-0.4, -0.2) is 12.3 Å². The molecule has 0 amide bonds. The zero-order chi connectivity index (χ0) is 6.10. The second-order valence-corrected chi connectivity index (χ2v) is 2.59. The Morgan fingerprint density at radius 2 is 2.44 bits per heavy atom. The Bertz CT molecular complexity index is 166. The van der Waals surface area contributed by atoms with Crippen LogP contribution in [0, 0.1) is 5.92 Å². The fourth-order valence-electron chi connectivity index (χ4n) is 1.06. The van der Waals surface area contributed by atoms with Crippen molar-refractivity contribution in [3.63, 3.8) is 0 Å². The normalized spacial score (nSPS) is 25.1. The molecule has 0 aromatic rings. The molecule has 1 N–H and O–H groups in total. The van der Waals surface area contributed by atoms with E-state index in [2.05, 4.69) is 10.3 Å². The first kappa shape index (κ1) is 5.03. The predicted molar refractivity (Wildman–Crippen MR) is 37.3 cm³/mol. The van der Waals surface area contributed by atoms with Crippen LogP contribution < -0.4 is 5.32 Å². The maximum Gasteiger partial charge on any atom is 0.0531 e. The molecule has 0 radical (unpaired) electrons. The summed E-state index contributed by atoms with van der Waals surface area (Å²) in [5.74, 6) is 0.822. The summed E-state index contributed by atoms with van der Waals surface area (Å²) < 4.78 is 0. The number of nitrogens with zero attached hydrogens (tertiary/aromatic N) is 1. The minimum atomic E-state index is 0.822. The number of hydrogen-bond donors (Lipinski definition) is 1. The molecule has 0 bridgehead atoms. The van der Waals surface area contributed by atoms with Crippen LogP contribution in [0.4, 0.5) is 0 Å². The smallest absolute Gasteiger partial charge is 0.0531 e. The van der Waals surface area contributed by atoms with E-state index in [0.29, 0.717) is 0 Å². The van der Waals surface area contributed by atoms with E-state index in [1.165, 1.54) is 18.6 Å².